The van der Waals surface area contributed by atoms with Crippen molar-refractivity contribution in [3.63, 3.8) is 0 Å². The molecule has 1 heterocycles. The largest absolute Gasteiger partial charge is 0.496 e. The van der Waals surface area contributed by atoms with Gasteiger partial charge in [0.15, 0.2) is 0 Å². The molecule has 0 aliphatic heterocycles. The van der Waals surface area contributed by atoms with Crippen LogP contribution in [-0.4, -0.2) is 50.3 Å². The minimum absolute atomic E-state index is 0.0416. The van der Waals surface area contributed by atoms with E-state index in [1.165, 1.54) is 0 Å². The standard InChI is InChI=1S/C26H32N2O5S/c1-4-27(18-19-10-6-5-7-11-19)26(29)20-12-8-13-21-24(20)25-22(14-9-15-23(25)32-2)28(21)16-17-33-34(3,30)31/h5-7,9-11,14-15,20H,4,8,12-13,16-18H2,1-3H3. The molecule has 7 nitrogen and oxygen atoms in total. The van der Waals surface area contributed by atoms with Crippen LogP contribution in [0.3, 0.4) is 0 Å². The first-order valence-electron chi connectivity index (χ1n) is 11.7. The molecular weight excluding hydrogens is 452 g/mol. The lowest BCUT2D eigenvalue weighted by Gasteiger charge is -2.30. The van der Waals surface area contributed by atoms with E-state index < -0.39 is 10.1 Å². The number of hydrogen-bond acceptors (Lipinski definition) is 5. The Labute approximate surface area is 201 Å². The maximum Gasteiger partial charge on any atom is 0.264 e. The summed E-state index contributed by atoms with van der Waals surface area (Å²) in [7, 11) is -1.89. The van der Waals surface area contributed by atoms with E-state index in [1.807, 2.05) is 60.4 Å². The van der Waals surface area contributed by atoms with Gasteiger partial charge < -0.3 is 14.2 Å². The number of aromatic nitrogens is 1. The molecule has 0 saturated heterocycles. The van der Waals surface area contributed by atoms with Crippen molar-refractivity contribution in [1.29, 1.82) is 0 Å². The van der Waals surface area contributed by atoms with E-state index in [0.717, 1.165) is 59.0 Å². The molecule has 0 bridgehead atoms. The van der Waals surface area contributed by atoms with Crippen LogP contribution in [0, 0.1) is 0 Å². The highest BCUT2D eigenvalue weighted by atomic mass is 32.2. The summed E-state index contributed by atoms with van der Waals surface area (Å²) in [6.45, 7) is 3.63. The second kappa shape index (κ2) is 10.2. The number of likely N-dealkylation sites (N-methyl/N-ethyl adjacent to an activating group) is 1. The van der Waals surface area contributed by atoms with Crippen LogP contribution in [0.1, 0.15) is 42.5 Å². The smallest absolute Gasteiger partial charge is 0.264 e. The summed E-state index contributed by atoms with van der Waals surface area (Å²) in [4.78, 5) is 15.8. The van der Waals surface area contributed by atoms with Gasteiger partial charge in [-0.3, -0.25) is 8.98 Å². The van der Waals surface area contributed by atoms with Gasteiger partial charge >= 0.3 is 0 Å². The van der Waals surface area contributed by atoms with Crippen molar-refractivity contribution in [2.45, 2.75) is 45.2 Å². The summed E-state index contributed by atoms with van der Waals surface area (Å²) in [6, 6.07) is 15.9. The summed E-state index contributed by atoms with van der Waals surface area (Å²) in [6.07, 6.45) is 3.53. The first-order valence-corrected chi connectivity index (χ1v) is 13.5. The summed E-state index contributed by atoms with van der Waals surface area (Å²) in [5.74, 6) is 0.565. The number of hydrogen-bond donors (Lipinski definition) is 0. The van der Waals surface area contributed by atoms with Crippen molar-refractivity contribution in [2.75, 3.05) is 26.5 Å². The van der Waals surface area contributed by atoms with E-state index in [1.54, 1.807) is 7.11 Å². The van der Waals surface area contributed by atoms with Gasteiger partial charge in [0.05, 0.1) is 31.4 Å². The van der Waals surface area contributed by atoms with Gasteiger partial charge in [0.1, 0.15) is 5.75 Å². The molecule has 1 atom stereocenters. The molecular formula is C26H32N2O5S. The number of rotatable bonds is 9. The number of methoxy groups -OCH3 is 1. The highest BCUT2D eigenvalue weighted by molar-refractivity contribution is 7.85. The number of benzene rings is 2. The third-order valence-electron chi connectivity index (χ3n) is 6.50. The van der Waals surface area contributed by atoms with Gasteiger partial charge in [-0.25, -0.2) is 0 Å². The highest BCUT2D eigenvalue weighted by Gasteiger charge is 2.35. The molecule has 0 saturated carbocycles. The summed E-state index contributed by atoms with van der Waals surface area (Å²) in [5.41, 5.74) is 4.12. The average Bonchev–Trinajstić information content (AvgIpc) is 3.16. The molecule has 8 heteroatoms. The second-order valence-electron chi connectivity index (χ2n) is 8.68. The zero-order chi connectivity index (χ0) is 24.3. The Morgan fingerprint density at radius 3 is 2.59 bits per heavy atom. The Balaban J connectivity index is 1.75. The molecule has 0 radical (unpaired) electrons. The van der Waals surface area contributed by atoms with Crippen LogP contribution in [0.15, 0.2) is 48.5 Å². The maximum atomic E-state index is 13.9. The number of ether oxygens (including phenoxy) is 1. The van der Waals surface area contributed by atoms with Gasteiger partial charge in [-0.1, -0.05) is 36.4 Å². The van der Waals surface area contributed by atoms with Crippen LogP contribution >= 0.6 is 0 Å². The molecule has 0 fully saturated rings. The van der Waals surface area contributed by atoms with Crippen LogP contribution in [0.4, 0.5) is 0 Å². The molecule has 1 aliphatic rings. The minimum Gasteiger partial charge on any atom is -0.496 e. The third-order valence-corrected chi connectivity index (χ3v) is 7.09. The fourth-order valence-electron chi connectivity index (χ4n) is 5.04. The average molecular weight is 485 g/mol. The first-order chi connectivity index (χ1) is 16.3. The van der Waals surface area contributed by atoms with Gasteiger partial charge in [-0.15, -0.1) is 0 Å². The molecule has 3 aromatic rings. The van der Waals surface area contributed by atoms with Crippen molar-refractivity contribution in [1.82, 2.24) is 9.47 Å². The topological polar surface area (TPSA) is 77.8 Å². The van der Waals surface area contributed by atoms with Crippen molar-refractivity contribution in [2.24, 2.45) is 0 Å². The number of nitrogens with zero attached hydrogens (tertiary/aromatic N) is 2. The SMILES string of the molecule is CCN(Cc1ccccc1)C(=O)C1CCCc2c1c1c(OC)cccc1n2CCOS(C)(=O)=O. The summed E-state index contributed by atoms with van der Waals surface area (Å²) < 4.78 is 35.9. The lowest BCUT2D eigenvalue weighted by molar-refractivity contribution is -0.133. The Kier molecular flexibility index (Phi) is 7.28. The molecule has 1 unspecified atom stereocenters. The van der Waals surface area contributed by atoms with Gasteiger partial charge in [0.2, 0.25) is 5.91 Å². The van der Waals surface area contributed by atoms with Crippen LogP contribution in [0.25, 0.3) is 10.9 Å². The molecule has 0 N–H and O–H groups in total. The Hall–Kier alpha value is -2.84. The molecule has 182 valence electrons. The van der Waals surface area contributed by atoms with Crippen LogP contribution < -0.4 is 4.74 Å². The molecule has 4 rings (SSSR count). The van der Waals surface area contributed by atoms with E-state index in [2.05, 4.69) is 4.57 Å². The van der Waals surface area contributed by atoms with E-state index >= 15 is 0 Å². The summed E-state index contributed by atoms with van der Waals surface area (Å²) >= 11 is 0. The van der Waals surface area contributed by atoms with Crippen LogP contribution in [-0.2, 0) is 38.6 Å². The minimum atomic E-state index is -3.53. The molecule has 1 aromatic heterocycles. The molecule has 1 aliphatic carbocycles. The van der Waals surface area contributed by atoms with Crippen LogP contribution in [0.2, 0.25) is 0 Å². The quantitative estimate of drug-likeness (QED) is 0.428. The number of fused-ring (bicyclic) bond motifs is 3. The Bertz CT molecular complexity index is 1270. The maximum absolute atomic E-state index is 13.9. The van der Waals surface area contributed by atoms with Gasteiger partial charge in [-0.05, 0) is 49.4 Å². The number of carbonyl (C=O) groups is 1. The van der Waals surface area contributed by atoms with Crippen molar-refractivity contribution >= 4 is 26.9 Å². The molecule has 0 spiro atoms. The molecule has 2 aromatic carbocycles. The van der Waals surface area contributed by atoms with Crippen molar-refractivity contribution < 1.29 is 22.1 Å². The monoisotopic (exact) mass is 484 g/mol. The molecule has 34 heavy (non-hydrogen) atoms. The fourth-order valence-corrected chi connectivity index (χ4v) is 5.41. The predicted octanol–water partition coefficient (Wildman–Crippen LogP) is 4.09. The van der Waals surface area contributed by atoms with E-state index in [9.17, 15) is 13.2 Å². The Morgan fingerprint density at radius 2 is 1.91 bits per heavy atom. The normalized spacial score (nSPS) is 15.8. The Morgan fingerprint density at radius 1 is 1.15 bits per heavy atom. The number of carbonyl (C=O) groups excluding carboxylic acids is 1. The summed E-state index contributed by atoms with van der Waals surface area (Å²) in [5, 5.41) is 0.938. The highest BCUT2D eigenvalue weighted by Crippen LogP contribution is 2.43. The first kappa shape index (κ1) is 24.3. The van der Waals surface area contributed by atoms with E-state index in [0.29, 0.717) is 19.6 Å². The zero-order valence-electron chi connectivity index (χ0n) is 20.0. The lowest BCUT2D eigenvalue weighted by Crippen LogP contribution is -2.36. The predicted molar refractivity (Wildman–Crippen MR) is 132 cm³/mol. The van der Waals surface area contributed by atoms with Gasteiger partial charge in [0.25, 0.3) is 10.1 Å². The third kappa shape index (κ3) is 4.98. The van der Waals surface area contributed by atoms with Gasteiger partial charge in [0, 0.05) is 30.7 Å². The second-order valence-corrected chi connectivity index (χ2v) is 10.3. The fraction of sp³-hybridized carbons (Fsp3) is 0.423. The zero-order valence-corrected chi connectivity index (χ0v) is 20.8. The van der Waals surface area contributed by atoms with Crippen molar-refractivity contribution in [3.8, 4) is 5.75 Å². The van der Waals surface area contributed by atoms with E-state index in [4.69, 9.17) is 8.92 Å². The van der Waals surface area contributed by atoms with Gasteiger partial charge in [-0.2, -0.15) is 8.42 Å². The van der Waals surface area contributed by atoms with Crippen LogP contribution in [0.5, 0.6) is 5.75 Å². The lowest BCUT2D eigenvalue weighted by atomic mass is 9.83. The molecule has 1 amide bonds. The van der Waals surface area contributed by atoms with Crippen molar-refractivity contribution in [3.05, 3.63) is 65.4 Å². The number of amides is 1. The van der Waals surface area contributed by atoms with E-state index in [-0.39, 0.29) is 18.4 Å².